The molecule has 1 aromatic carbocycles. The number of aryl methyl sites for hydroxylation is 1. The number of hydrogen-bond acceptors (Lipinski definition) is 0. The van der Waals surface area contributed by atoms with E-state index in [2.05, 4.69) is 36.7 Å². The Balaban J connectivity index is 2.49. The molecule has 17 heavy (non-hydrogen) atoms. The highest BCUT2D eigenvalue weighted by atomic mass is 79.9. The van der Waals surface area contributed by atoms with Crippen molar-refractivity contribution in [2.24, 2.45) is 5.41 Å². The lowest BCUT2D eigenvalue weighted by Crippen LogP contribution is -2.20. The van der Waals surface area contributed by atoms with Crippen LogP contribution < -0.4 is 0 Å². The summed E-state index contributed by atoms with van der Waals surface area (Å²) < 4.78 is 13.6. The van der Waals surface area contributed by atoms with Crippen LogP contribution >= 0.6 is 27.5 Å². The summed E-state index contributed by atoms with van der Waals surface area (Å²) in [6.45, 7) is 6.60. The van der Waals surface area contributed by atoms with Crippen molar-refractivity contribution < 1.29 is 4.39 Å². The summed E-state index contributed by atoms with van der Waals surface area (Å²) in [6.07, 6.45) is 2.74. The van der Waals surface area contributed by atoms with Gasteiger partial charge in [-0.15, -0.1) is 0 Å². The van der Waals surface area contributed by atoms with E-state index in [1.807, 2.05) is 6.07 Å². The smallest absolute Gasteiger partial charge is 0.144 e. The van der Waals surface area contributed by atoms with Crippen LogP contribution in [0.2, 0.25) is 5.02 Å². The summed E-state index contributed by atoms with van der Waals surface area (Å²) in [5.41, 5.74) is 0.957. The first-order chi connectivity index (χ1) is 7.82. The van der Waals surface area contributed by atoms with E-state index in [4.69, 9.17) is 11.6 Å². The first-order valence-corrected chi connectivity index (χ1v) is 7.18. The van der Waals surface area contributed by atoms with Gasteiger partial charge >= 0.3 is 0 Å². The van der Waals surface area contributed by atoms with Crippen LogP contribution in [0.4, 0.5) is 4.39 Å². The molecule has 0 amide bonds. The standard InChI is InChI=1S/C14H19BrClF/c1-14(2,3)12(15)9-5-7-10-6-4-8-11(16)13(10)17/h4,6,8,12H,5,7,9H2,1-3H3. The summed E-state index contributed by atoms with van der Waals surface area (Å²) >= 11 is 9.43. The number of rotatable bonds is 4. The minimum atomic E-state index is -0.268. The molecule has 0 saturated carbocycles. The van der Waals surface area contributed by atoms with Crippen LogP contribution in [0.1, 0.15) is 39.2 Å². The molecule has 0 nitrogen and oxygen atoms in total. The van der Waals surface area contributed by atoms with E-state index in [9.17, 15) is 4.39 Å². The molecule has 1 unspecified atom stereocenters. The quantitative estimate of drug-likeness (QED) is 0.632. The predicted octanol–water partition coefficient (Wildman–Crippen LogP) is 5.61. The lowest BCUT2D eigenvalue weighted by Gasteiger charge is -2.25. The second kappa shape index (κ2) is 6.19. The molecule has 0 N–H and O–H groups in total. The first kappa shape index (κ1) is 15.0. The fourth-order valence-electron chi connectivity index (χ4n) is 1.65. The molecule has 0 aliphatic heterocycles. The zero-order valence-electron chi connectivity index (χ0n) is 10.6. The van der Waals surface area contributed by atoms with Crippen LogP contribution in [-0.2, 0) is 6.42 Å². The lowest BCUT2D eigenvalue weighted by atomic mass is 9.89. The molecule has 1 aromatic rings. The summed E-state index contributed by atoms with van der Waals surface area (Å²) in [4.78, 5) is 0.456. The Bertz CT molecular complexity index is 371. The Morgan fingerprint density at radius 3 is 2.59 bits per heavy atom. The topological polar surface area (TPSA) is 0 Å². The van der Waals surface area contributed by atoms with Gasteiger partial charge in [0.15, 0.2) is 0 Å². The van der Waals surface area contributed by atoms with Gasteiger partial charge in [0, 0.05) is 4.83 Å². The third-order valence-electron chi connectivity index (χ3n) is 2.87. The van der Waals surface area contributed by atoms with Gasteiger partial charge in [-0.3, -0.25) is 0 Å². The van der Waals surface area contributed by atoms with E-state index >= 15 is 0 Å². The van der Waals surface area contributed by atoms with Crippen molar-refractivity contribution in [1.82, 2.24) is 0 Å². The predicted molar refractivity (Wildman–Crippen MR) is 76.5 cm³/mol. The van der Waals surface area contributed by atoms with Gasteiger partial charge in [0.25, 0.3) is 0 Å². The van der Waals surface area contributed by atoms with Gasteiger partial charge in [0.05, 0.1) is 5.02 Å². The molecular formula is C14H19BrClF. The Hall–Kier alpha value is -0.0800. The highest BCUT2D eigenvalue weighted by Gasteiger charge is 2.21. The second-order valence-electron chi connectivity index (χ2n) is 5.44. The highest BCUT2D eigenvalue weighted by molar-refractivity contribution is 9.09. The second-order valence-corrected chi connectivity index (χ2v) is 6.95. The van der Waals surface area contributed by atoms with Crippen LogP contribution in [0.15, 0.2) is 18.2 Å². The molecule has 0 aliphatic rings. The van der Waals surface area contributed by atoms with Crippen molar-refractivity contribution >= 4 is 27.5 Å². The fourth-order valence-corrected chi connectivity index (χ4v) is 2.16. The number of benzene rings is 1. The van der Waals surface area contributed by atoms with E-state index in [0.29, 0.717) is 10.4 Å². The summed E-state index contributed by atoms with van der Waals surface area (Å²) in [5.74, 6) is -0.268. The van der Waals surface area contributed by atoms with E-state index < -0.39 is 0 Å². The molecule has 3 heteroatoms. The van der Waals surface area contributed by atoms with Gasteiger partial charge in [-0.2, -0.15) is 0 Å². The number of hydrogen-bond donors (Lipinski definition) is 0. The molecule has 1 atom stereocenters. The average Bonchev–Trinajstić information content (AvgIpc) is 2.22. The normalized spacial score (nSPS) is 13.8. The van der Waals surface area contributed by atoms with E-state index in [0.717, 1.165) is 19.3 Å². The van der Waals surface area contributed by atoms with Crippen LogP contribution in [0, 0.1) is 11.2 Å². The van der Waals surface area contributed by atoms with Gasteiger partial charge in [-0.1, -0.05) is 60.4 Å². The molecule has 0 spiro atoms. The van der Waals surface area contributed by atoms with Crippen molar-refractivity contribution in [2.45, 2.75) is 44.9 Å². The Morgan fingerprint density at radius 2 is 2.00 bits per heavy atom. The summed E-state index contributed by atoms with van der Waals surface area (Å²) in [6, 6.07) is 5.19. The average molecular weight is 322 g/mol. The van der Waals surface area contributed by atoms with E-state index in [-0.39, 0.29) is 16.3 Å². The number of halogens is 3. The van der Waals surface area contributed by atoms with Crippen molar-refractivity contribution in [3.8, 4) is 0 Å². The van der Waals surface area contributed by atoms with Crippen LogP contribution in [0.3, 0.4) is 0 Å². The minimum Gasteiger partial charge on any atom is -0.205 e. The summed E-state index contributed by atoms with van der Waals surface area (Å²) in [7, 11) is 0. The largest absolute Gasteiger partial charge is 0.205 e. The zero-order chi connectivity index (χ0) is 13.1. The fraction of sp³-hybridized carbons (Fsp3) is 0.571. The molecular weight excluding hydrogens is 303 g/mol. The lowest BCUT2D eigenvalue weighted by molar-refractivity contribution is 0.380. The number of alkyl halides is 1. The Labute approximate surface area is 117 Å². The Morgan fingerprint density at radius 1 is 1.35 bits per heavy atom. The highest BCUT2D eigenvalue weighted by Crippen LogP contribution is 2.30. The molecule has 1 rings (SSSR count). The maximum absolute atomic E-state index is 13.6. The molecule has 0 fully saturated rings. The molecule has 0 aliphatic carbocycles. The third-order valence-corrected chi connectivity index (χ3v) is 5.00. The van der Waals surface area contributed by atoms with E-state index in [1.54, 1.807) is 12.1 Å². The van der Waals surface area contributed by atoms with Crippen LogP contribution in [0.25, 0.3) is 0 Å². The molecule has 0 saturated heterocycles. The van der Waals surface area contributed by atoms with Crippen molar-refractivity contribution in [2.75, 3.05) is 0 Å². The Kier molecular flexibility index (Phi) is 5.46. The van der Waals surface area contributed by atoms with Gasteiger partial charge in [0.1, 0.15) is 5.82 Å². The molecule has 0 radical (unpaired) electrons. The zero-order valence-corrected chi connectivity index (χ0v) is 12.9. The first-order valence-electron chi connectivity index (χ1n) is 5.89. The minimum absolute atomic E-state index is 0.216. The molecule has 0 bridgehead atoms. The van der Waals surface area contributed by atoms with Crippen molar-refractivity contribution in [3.05, 3.63) is 34.6 Å². The SMILES string of the molecule is CC(C)(C)C(Br)CCCc1cccc(Cl)c1F. The van der Waals surface area contributed by atoms with Crippen LogP contribution in [0.5, 0.6) is 0 Å². The van der Waals surface area contributed by atoms with E-state index in [1.165, 1.54) is 0 Å². The molecule has 0 heterocycles. The molecule has 96 valence electrons. The summed E-state index contributed by atoms with van der Waals surface area (Å²) in [5, 5.41) is 0.216. The maximum atomic E-state index is 13.6. The van der Waals surface area contributed by atoms with Crippen molar-refractivity contribution in [1.29, 1.82) is 0 Å². The van der Waals surface area contributed by atoms with Gasteiger partial charge in [-0.05, 0) is 36.3 Å². The van der Waals surface area contributed by atoms with Gasteiger partial charge in [-0.25, -0.2) is 4.39 Å². The molecule has 0 aromatic heterocycles. The monoisotopic (exact) mass is 320 g/mol. The third kappa shape index (κ3) is 4.59. The maximum Gasteiger partial charge on any atom is 0.144 e. The van der Waals surface area contributed by atoms with Crippen molar-refractivity contribution in [3.63, 3.8) is 0 Å². The van der Waals surface area contributed by atoms with Gasteiger partial charge < -0.3 is 0 Å². The van der Waals surface area contributed by atoms with Gasteiger partial charge in [0.2, 0.25) is 0 Å². The van der Waals surface area contributed by atoms with Crippen LogP contribution in [-0.4, -0.2) is 4.83 Å².